The molecule has 0 bridgehead atoms. The molecule has 2 rings (SSSR count). The van der Waals surface area contributed by atoms with Gasteiger partial charge in [0.1, 0.15) is 18.5 Å². The number of halogens is 1. The lowest BCUT2D eigenvalue weighted by atomic mass is 9.93. The summed E-state index contributed by atoms with van der Waals surface area (Å²) in [6.45, 7) is 0.846. The van der Waals surface area contributed by atoms with Crippen LogP contribution in [0.4, 0.5) is 0 Å². The molecule has 1 unspecified atom stereocenters. The predicted octanol–water partition coefficient (Wildman–Crippen LogP) is 2.22. The first-order valence-corrected chi connectivity index (χ1v) is 6.42. The van der Waals surface area contributed by atoms with Gasteiger partial charge in [0.15, 0.2) is 0 Å². The summed E-state index contributed by atoms with van der Waals surface area (Å²) in [6, 6.07) is 7.87. The van der Waals surface area contributed by atoms with Crippen LogP contribution in [0.2, 0.25) is 5.02 Å². The molecule has 2 N–H and O–H groups in total. The molecule has 1 atom stereocenters. The van der Waals surface area contributed by atoms with Crippen LogP contribution in [-0.2, 0) is 0 Å². The number of aliphatic hydroxyl groups is 1. The third kappa shape index (κ3) is 3.87. The van der Waals surface area contributed by atoms with E-state index in [-0.39, 0.29) is 6.61 Å². The molecule has 0 amide bonds. The Balaban J connectivity index is 1.68. The van der Waals surface area contributed by atoms with E-state index in [1.807, 2.05) is 12.1 Å². The van der Waals surface area contributed by atoms with Crippen molar-refractivity contribution in [2.24, 2.45) is 0 Å². The maximum Gasteiger partial charge on any atom is 0.138 e. The van der Waals surface area contributed by atoms with Crippen LogP contribution in [0, 0.1) is 0 Å². The van der Waals surface area contributed by atoms with Gasteiger partial charge < -0.3 is 15.2 Å². The Labute approximate surface area is 107 Å². The Kier molecular flexibility index (Phi) is 4.66. The van der Waals surface area contributed by atoms with Crippen molar-refractivity contribution in [3.05, 3.63) is 29.3 Å². The number of para-hydroxylation sites is 1. The van der Waals surface area contributed by atoms with Gasteiger partial charge in [-0.05, 0) is 25.0 Å². The lowest BCUT2D eigenvalue weighted by Crippen LogP contribution is -2.41. The lowest BCUT2D eigenvalue weighted by molar-refractivity contribution is 0.0997. The molecule has 0 radical (unpaired) electrons. The van der Waals surface area contributed by atoms with E-state index in [2.05, 4.69) is 5.32 Å². The van der Waals surface area contributed by atoms with Gasteiger partial charge in [0.05, 0.1) is 5.02 Å². The van der Waals surface area contributed by atoms with E-state index in [1.165, 1.54) is 19.3 Å². The summed E-state index contributed by atoms with van der Waals surface area (Å²) in [4.78, 5) is 0. The SMILES string of the molecule is OC(CNC1CCC1)COc1ccccc1Cl. The smallest absolute Gasteiger partial charge is 0.138 e. The van der Waals surface area contributed by atoms with Crippen molar-refractivity contribution in [1.29, 1.82) is 0 Å². The topological polar surface area (TPSA) is 41.5 Å². The summed E-state index contributed by atoms with van der Waals surface area (Å²) >= 11 is 5.94. The molecular formula is C13H18ClNO2. The second-order valence-corrected chi connectivity index (χ2v) is 4.84. The zero-order valence-electron chi connectivity index (χ0n) is 9.73. The quantitative estimate of drug-likeness (QED) is 0.819. The fourth-order valence-corrected chi connectivity index (χ4v) is 1.91. The van der Waals surface area contributed by atoms with E-state index in [9.17, 15) is 5.11 Å². The maximum atomic E-state index is 9.74. The van der Waals surface area contributed by atoms with E-state index < -0.39 is 6.10 Å². The Morgan fingerprint density at radius 2 is 2.18 bits per heavy atom. The van der Waals surface area contributed by atoms with Crippen LogP contribution in [0.3, 0.4) is 0 Å². The summed E-state index contributed by atoms with van der Waals surface area (Å²) in [5.74, 6) is 0.622. The zero-order valence-corrected chi connectivity index (χ0v) is 10.5. The van der Waals surface area contributed by atoms with E-state index in [1.54, 1.807) is 12.1 Å². The first-order chi connectivity index (χ1) is 8.25. The normalized spacial score (nSPS) is 17.5. The van der Waals surface area contributed by atoms with E-state index in [0.717, 1.165) is 0 Å². The molecule has 17 heavy (non-hydrogen) atoms. The van der Waals surface area contributed by atoms with Gasteiger partial charge in [0, 0.05) is 12.6 Å². The van der Waals surface area contributed by atoms with Crippen molar-refractivity contribution in [2.45, 2.75) is 31.4 Å². The summed E-state index contributed by atoms with van der Waals surface area (Å²) in [7, 11) is 0. The van der Waals surface area contributed by atoms with Gasteiger partial charge in [0.2, 0.25) is 0 Å². The van der Waals surface area contributed by atoms with E-state index in [4.69, 9.17) is 16.3 Å². The molecular weight excluding hydrogens is 238 g/mol. The molecule has 0 saturated heterocycles. The molecule has 0 heterocycles. The molecule has 3 nitrogen and oxygen atoms in total. The minimum atomic E-state index is -0.494. The van der Waals surface area contributed by atoms with E-state index in [0.29, 0.717) is 23.4 Å². The van der Waals surface area contributed by atoms with Crippen LogP contribution in [0.25, 0.3) is 0 Å². The standard InChI is InChI=1S/C13H18ClNO2/c14-12-6-1-2-7-13(12)17-9-11(16)8-15-10-4-3-5-10/h1-2,6-7,10-11,15-16H,3-5,8-9H2. The van der Waals surface area contributed by atoms with E-state index >= 15 is 0 Å². The van der Waals surface area contributed by atoms with Gasteiger partial charge in [-0.3, -0.25) is 0 Å². The van der Waals surface area contributed by atoms with Crippen molar-refractivity contribution >= 4 is 11.6 Å². The fraction of sp³-hybridized carbons (Fsp3) is 0.538. The van der Waals surface area contributed by atoms with Gasteiger partial charge in [0.25, 0.3) is 0 Å². The van der Waals surface area contributed by atoms with Gasteiger partial charge in [-0.15, -0.1) is 0 Å². The van der Waals surface area contributed by atoms with Crippen molar-refractivity contribution in [3.8, 4) is 5.75 Å². The second kappa shape index (κ2) is 6.24. The third-order valence-corrected chi connectivity index (χ3v) is 3.33. The minimum absolute atomic E-state index is 0.267. The van der Waals surface area contributed by atoms with Gasteiger partial charge >= 0.3 is 0 Å². The number of hydrogen-bond acceptors (Lipinski definition) is 3. The van der Waals surface area contributed by atoms with Crippen LogP contribution >= 0.6 is 11.6 Å². The summed E-state index contributed by atoms with van der Waals surface area (Å²) in [5.41, 5.74) is 0. The Bertz CT molecular complexity index is 355. The first-order valence-electron chi connectivity index (χ1n) is 6.04. The van der Waals surface area contributed by atoms with Crippen molar-refractivity contribution in [1.82, 2.24) is 5.32 Å². The highest BCUT2D eigenvalue weighted by molar-refractivity contribution is 6.32. The molecule has 1 aromatic carbocycles. The van der Waals surface area contributed by atoms with Crippen LogP contribution in [0.15, 0.2) is 24.3 Å². The molecule has 1 aliphatic carbocycles. The largest absolute Gasteiger partial charge is 0.489 e. The number of benzene rings is 1. The molecule has 94 valence electrons. The maximum absolute atomic E-state index is 9.74. The number of rotatable bonds is 6. The average molecular weight is 256 g/mol. The van der Waals surface area contributed by atoms with Crippen LogP contribution < -0.4 is 10.1 Å². The van der Waals surface area contributed by atoms with Gasteiger partial charge in [-0.1, -0.05) is 30.2 Å². The van der Waals surface area contributed by atoms with Gasteiger partial charge in [-0.25, -0.2) is 0 Å². The van der Waals surface area contributed by atoms with Crippen molar-refractivity contribution in [2.75, 3.05) is 13.2 Å². The van der Waals surface area contributed by atoms with Gasteiger partial charge in [-0.2, -0.15) is 0 Å². The first kappa shape index (κ1) is 12.7. The van der Waals surface area contributed by atoms with Crippen molar-refractivity contribution in [3.63, 3.8) is 0 Å². The molecule has 1 aromatic rings. The number of nitrogens with one attached hydrogen (secondary N) is 1. The lowest BCUT2D eigenvalue weighted by Gasteiger charge is -2.27. The predicted molar refractivity (Wildman–Crippen MR) is 68.6 cm³/mol. The van der Waals surface area contributed by atoms with Crippen LogP contribution in [0.1, 0.15) is 19.3 Å². The van der Waals surface area contributed by atoms with Crippen molar-refractivity contribution < 1.29 is 9.84 Å². The molecule has 4 heteroatoms. The fourth-order valence-electron chi connectivity index (χ4n) is 1.72. The number of aliphatic hydroxyl groups excluding tert-OH is 1. The number of hydrogen-bond donors (Lipinski definition) is 2. The molecule has 1 fully saturated rings. The summed E-state index contributed by atoms with van der Waals surface area (Å²) < 4.78 is 5.46. The Hall–Kier alpha value is -0.770. The molecule has 1 saturated carbocycles. The minimum Gasteiger partial charge on any atom is -0.489 e. The van der Waals surface area contributed by atoms with Crippen LogP contribution in [0.5, 0.6) is 5.75 Å². The summed E-state index contributed by atoms with van der Waals surface area (Å²) in [5, 5.41) is 13.6. The Morgan fingerprint density at radius 3 is 2.82 bits per heavy atom. The highest BCUT2D eigenvalue weighted by Crippen LogP contribution is 2.23. The average Bonchev–Trinajstić information content (AvgIpc) is 2.26. The molecule has 0 aromatic heterocycles. The van der Waals surface area contributed by atoms with Crippen LogP contribution in [-0.4, -0.2) is 30.4 Å². The molecule has 1 aliphatic rings. The molecule has 0 aliphatic heterocycles. The highest BCUT2D eigenvalue weighted by atomic mass is 35.5. The second-order valence-electron chi connectivity index (χ2n) is 4.43. The zero-order chi connectivity index (χ0) is 12.1. The Morgan fingerprint density at radius 1 is 1.41 bits per heavy atom. The summed E-state index contributed by atoms with van der Waals surface area (Å²) in [6.07, 6.45) is 3.24. The number of ether oxygens (including phenoxy) is 1. The third-order valence-electron chi connectivity index (χ3n) is 3.02. The molecule has 0 spiro atoms. The highest BCUT2D eigenvalue weighted by Gasteiger charge is 2.17. The monoisotopic (exact) mass is 255 g/mol.